The lowest BCUT2D eigenvalue weighted by atomic mass is 9.91. The molecule has 2 N–H and O–H groups in total. The fourth-order valence-electron chi connectivity index (χ4n) is 5.88. The van der Waals surface area contributed by atoms with Gasteiger partial charge in [0, 0.05) is 59.2 Å². The number of nitrogens with zero attached hydrogens (tertiary/aromatic N) is 4. The van der Waals surface area contributed by atoms with Crippen molar-refractivity contribution >= 4 is 28.5 Å². The molecule has 1 saturated heterocycles. The summed E-state index contributed by atoms with van der Waals surface area (Å²) in [5, 5.41) is 5.78. The molecule has 46 heavy (non-hydrogen) atoms. The molecule has 246 valence electrons. The molecule has 0 unspecified atom stereocenters. The molecule has 0 bridgehead atoms. The Morgan fingerprint density at radius 1 is 1.13 bits per heavy atom. The molecule has 4 aromatic rings. The van der Waals surface area contributed by atoms with E-state index in [1.807, 2.05) is 25.3 Å². The zero-order valence-electron chi connectivity index (χ0n) is 26.7. The number of aryl methyl sites for hydroxylation is 2. The lowest BCUT2D eigenvalue weighted by molar-refractivity contribution is -0.124. The minimum absolute atomic E-state index is 0.0264. The van der Waals surface area contributed by atoms with Crippen LogP contribution in [-0.4, -0.2) is 57.8 Å². The van der Waals surface area contributed by atoms with E-state index in [0.717, 1.165) is 92.9 Å². The first-order chi connectivity index (χ1) is 22.2. The molecule has 0 radical (unpaired) electrons. The Morgan fingerprint density at radius 3 is 2.63 bits per heavy atom. The van der Waals surface area contributed by atoms with Crippen LogP contribution in [-0.2, 0) is 24.2 Å². The Hall–Kier alpha value is -3.80. The molecule has 2 aromatic carbocycles. The van der Waals surface area contributed by atoms with Crippen molar-refractivity contribution < 1.29 is 18.4 Å². The second kappa shape index (κ2) is 15.7. The number of benzene rings is 2. The number of fused-ring (bicyclic) bond motifs is 2. The fraction of sp³-hybridized carbons (Fsp3) is 0.471. The van der Waals surface area contributed by atoms with E-state index in [0.29, 0.717) is 22.3 Å². The predicted octanol–water partition coefficient (Wildman–Crippen LogP) is 5.34. The molecule has 1 amide bonds. The predicted molar refractivity (Wildman–Crippen MR) is 176 cm³/mol. The van der Waals surface area contributed by atoms with Gasteiger partial charge < -0.3 is 14.2 Å². The van der Waals surface area contributed by atoms with Gasteiger partial charge in [-0.2, -0.15) is 0 Å². The summed E-state index contributed by atoms with van der Waals surface area (Å²) in [6.45, 7) is 9.39. The van der Waals surface area contributed by atoms with Gasteiger partial charge >= 0.3 is 0 Å². The van der Waals surface area contributed by atoms with Gasteiger partial charge in [0.2, 0.25) is 0 Å². The number of hydrogen-bond acceptors (Lipinski definition) is 8. The Morgan fingerprint density at radius 2 is 1.89 bits per heavy atom. The summed E-state index contributed by atoms with van der Waals surface area (Å²) in [7, 11) is 0. The first kappa shape index (κ1) is 33.6. The summed E-state index contributed by atoms with van der Waals surface area (Å²) in [5.74, 6) is 1.37. The Bertz CT molecular complexity index is 1680. The lowest BCUT2D eigenvalue weighted by Gasteiger charge is -2.31. The van der Waals surface area contributed by atoms with Crippen LogP contribution in [0.25, 0.3) is 11.0 Å². The normalized spacial score (nSPS) is 15.3. The molecule has 0 saturated carbocycles. The van der Waals surface area contributed by atoms with E-state index < -0.39 is 0 Å². The molecule has 0 atom stereocenters. The largest absolute Gasteiger partial charge is 0.484 e. The van der Waals surface area contributed by atoms with Crippen molar-refractivity contribution in [2.45, 2.75) is 77.8 Å². The smallest absolute Gasteiger partial charge is 0.271 e. The van der Waals surface area contributed by atoms with E-state index in [1.165, 1.54) is 12.1 Å². The van der Waals surface area contributed by atoms with Crippen molar-refractivity contribution in [2.24, 2.45) is 0 Å². The Labute approximate surface area is 273 Å². The number of halogens is 2. The number of carbonyl (C=O) groups excluding carboxylic acids is 1. The van der Waals surface area contributed by atoms with Crippen LogP contribution >= 0.6 is 11.6 Å². The van der Waals surface area contributed by atoms with E-state index in [-0.39, 0.29) is 29.9 Å². The zero-order chi connectivity index (χ0) is 32.6. The Balaban J connectivity index is 0.000000222. The molecular weight excluding hydrogens is 611 g/mol. The first-order valence-corrected chi connectivity index (χ1v) is 16.3. The number of likely N-dealkylation sites (tertiary alicyclic amines) is 1. The van der Waals surface area contributed by atoms with E-state index in [1.54, 1.807) is 30.3 Å². The van der Waals surface area contributed by atoms with Gasteiger partial charge in [0.1, 0.15) is 17.4 Å². The van der Waals surface area contributed by atoms with E-state index in [4.69, 9.17) is 25.8 Å². The van der Waals surface area contributed by atoms with Crippen LogP contribution in [0, 0.1) is 12.7 Å². The first-order valence-electron chi connectivity index (χ1n) is 16.0. The minimum atomic E-state index is -0.303. The third-order valence-corrected chi connectivity index (χ3v) is 8.63. The monoisotopic (exact) mass is 652 g/mol. The third kappa shape index (κ3) is 8.71. The second-order valence-electron chi connectivity index (χ2n) is 12.2. The molecule has 2 aliphatic rings. The van der Waals surface area contributed by atoms with Gasteiger partial charge in [0.25, 0.3) is 11.5 Å². The number of rotatable bonds is 9. The number of ether oxygens (including phenoxy) is 1. The van der Waals surface area contributed by atoms with Crippen molar-refractivity contribution in [1.29, 1.82) is 0 Å². The van der Waals surface area contributed by atoms with Gasteiger partial charge in [0.05, 0.1) is 5.69 Å². The van der Waals surface area contributed by atoms with Crippen LogP contribution in [0.15, 0.2) is 51.8 Å². The maximum atomic E-state index is 13.4. The standard InChI is InChI=1S/C23H27FN4O2.C11H15ClN2O2/c1-15-18(23(29)28-10-3-2-4-21(28)25-15)9-13-27-11-7-16(8-12-27)22-19-6-5-17(24)14-20(19)30-26-22;1-8(2)13-14-11(15)7-16-10-5-3-9(12)4-6-10/h5-6,14,16H,2-4,7-13H2,1H3;3-6,8,13H,7H2,1-2H3,(H,14,15). The summed E-state index contributed by atoms with van der Waals surface area (Å²) >= 11 is 5.71. The van der Waals surface area contributed by atoms with Crippen molar-refractivity contribution in [2.75, 3.05) is 26.2 Å². The highest BCUT2D eigenvalue weighted by molar-refractivity contribution is 6.30. The summed E-state index contributed by atoms with van der Waals surface area (Å²) in [6, 6.07) is 11.7. The van der Waals surface area contributed by atoms with Crippen molar-refractivity contribution in [3.05, 3.63) is 86.4 Å². The van der Waals surface area contributed by atoms with Gasteiger partial charge in [-0.3, -0.25) is 19.6 Å². The molecule has 2 aliphatic heterocycles. The van der Waals surface area contributed by atoms with Crippen molar-refractivity contribution in [3.8, 4) is 5.75 Å². The summed E-state index contributed by atoms with van der Waals surface area (Å²) in [6.07, 6.45) is 5.81. The number of amides is 1. The number of hydrazine groups is 1. The van der Waals surface area contributed by atoms with Crippen LogP contribution in [0.2, 0.25) is 5.02 Å². The zero-order valence-corrected chi connectivity index (χ0v) is 27.4. The van der Waals surface area contributed by atoms with E-state index in [9.17, 15) is 14.0 Å². The number of hydrogen-bond donors (Lipinski definition) is 2. The molecule has 4 heterocycles. The molecule has 2 aromatic heterocycles. The van der Waals surface area contributed by atoms with Crippen LogP contribution < -0.4 is 21.1 Å². The topological polar surface area (TPSA) is 115 Å². The molecule has 10 nitrogen and oxygen atoms in total. The maximum absolute atomic E-state index is 13.4. The van der Waals surface area contributed by atoms with Gasteiger partial charge in [-0.05, 0) is 102 Å². The van der Waals surface area contributed by atoms with Crippen LogP contribution in [0.1, 0.15) is 68.2 Å². The number of piperidine rings is 1. The highest BCUT2D eigenvalue weighted by Gasteiger charge is 2.26. The molecule has 6 rings (SSSR count). The van der Waals surface area contributed by atoms with Crippen molar-refractivity contribution in [3.63, 3.8) is 0 Å². The van der Waals surface area contributed by atoms with Crippen LogP contribution in [0.4, 0.5) is 4.39 Å². The van der Waals surface area contributed by atoms with Gasteiger partial charge in [0.15, 0.2) is 12.2 Å². The molecule has 1 fully saturated rings. The summed E-state index contributed by atoms with van der Waals surface area (Å²) < 4.78 is 25.9. The van der Waals surface area contributed by atoms with Crippen LogP contribution in [0.5, 0.6) is 5.75 Å². The molecule has 0 aliphatic carbocycles. The second-order valence-corrected chi connectivity index (χ2v) is 12.6. The summed E-state index contributed by atoms with van der Waals surface area (Å²) in [5.41, 5.74) is 8.69. The lowest BCUT2D eigenvalue weighted by Crippen LogP contribution is -2.43. The molecule has 0 spiro atoms. The molecular formula is C34H42ClFN6O4. The maximum Gasteiger partial charge on any atom is 0.271 e. The number of carbonyl (C=O) groups is 1. The minimum Gasteiger partial charge on any atom is -0.484 e. The number of nitrogens with one attached hydrogen (secondary N) is 2. The van der Waals surface area contributed by atoms with Gasteiger partial charge in [-0.25, -0.2) is 14.8 Å². The molecule has 12 heteroatoms. The SMILES string of the molecule is CC(C)NNC(=O)COc1ccc(Cl)cc1.Cc1nc2n(c(=O)c1CCN1CCC(c3noc4cc(F)ccc34)CC1)CCCC2. The van der Waals surface area contributed by atoms with E-state index in [2.05, 4.69) is 20.9 Å². The highest BCUT2D eigenvalue weighted by Crippen LogP contribution is 2.32. The fourth-order valence-corrected chi connectivity index (χ4v) is 6.01. The number of aromatic nitrogens is 3. The third-order valence-electron chi connectivity index (χ3n) is 8.38. The van der Waals surface area contributed by atoms with Gasteiger partial charge in [-0.15, -0.1) is 0 Å². The quantitative estimate of drug-likeness (QED) is 0.233. The Kier molecular flexibility index (Phi) is 11.4. The van der Waals surface area contributed by atoms with E-state index >= 15 is 0 Å². The highest BCUT2D eigenvalue weighted by atomic mass is 35.5. The van der Waals surface area contributed by atoms with Crippen molar-refractivity contribution in [1.82, 2.24) is 30.5 Å². The summed E-state index contributed by atoms with van der Waals surface area (Å²) in [4.78, 5) is 31.3. The average Bonchev–Trinajstić information content (AvgIpc) is 3.47. The van der Waals surface area contributed by atoms with Gasteiger partial charge in [-0.1, -0.05) is 16.8 Å². The average molecular weight is 653 g/mol. The van der Waals surface area contributed by atoms with Crippen LogP contribution in [0.3, 0.4) is 0 Å².